The van der Waals surface area contributed by atoms with E-state index in [9.17, 15) is 35.9 Å². The quantitative estimate of drug-likeness (QED) is 0.0826. The number of carbonyl (C=O) groups is 2. The number of hydrogen-bond donors (Lipinski definition) is 1. The van der Waals surface area contributed by atoms with Gasteiger partial charge in [-0.3, -0.25) is 9.59 Å². The van der Waals surface area contributed by atoms with Crippen LogP contribution in [0.25, 0.3) is 22.2 Å². The lowest BCUT2D eigenvalue weighted by molar-refractivity contribution is -0.131. The predicted octanol–water partition coefficient (Wildman–Crippen LogP) is 8.89. The van der Waals surface area contributed by atoms with E-state index in [4.69, 9.17) is 36.8 Å². The smallest absolute Gasteiger partial charge is 0.397 e. The number of halogens is 8. The normalized spacial score (nSPS) is 17.4. The van der Waals surface area contributed by atoms with Crippen molar-refractivity contribution in [2.75, 3.05) is 18.7 Å². The Morgan fingerprint density at radius 3 is 2.02 bits per heavy atom. The highest BCUT2D eigenvalue weighted by molar-refractivity contribution is 8.12. The Hall–Kier alpha value is -3.75. The third-order valence-electron chi connectivity index (χ3n) is 7.44. The first-order valence-electron chi connectivity index (χ1n) is 16.0. The monoisotopic (exact) mass is 838 g/mol. The number of fused-ring (bicyclic) bond motifs is 2. The van der Waals surface area contributed by atoms with Crippen LogP contribution in [0.15, 0.2) is 50.2 Å². The molecule has 0 radical (unpaired) electrons. The largest absolute Gasteiger partial charge is 0.440 e. The number of anilines is 1. The summed E-state index contributed by atoms with van der Waals surface area (Å²) >= 11 is 14.7. The zero-order valence-electron chi connectivity index (χ0n) is 28.5. The Balaban J connectivity index is 0.000000210. The van der Waals surface area contributed by atoms with Gasteiger partial charge in [-0.25, -0.2) is 19.3 Å². The van der Waals surface area contributed by atoms with Crippen LogP contribution in [0.1, 0.15) is 42.4 Å². The summed E-state index contributed by atoms with van der Waals surface area (Å²) in [6, 6.07) is 9.21. The van der Waals surface area contributed by atoms with Crippen LogP contribution in [-0.4, -0.2) is 72.6 Å². The summed E-state index contributed by atoms with van der Waals surface area (Å²) in [5.74, 6) is -1.53. The van der Waals surface area contributed by atoms with Gasteiger partial charge in [0.05, 0.1) is 28.9 Å². The number of aromatic nitrogens is 3. The molecule has 2 unspecified atom stereocenters. The number of oxazole rings is 2. The van der Waals surface area contributed by atoms with Crippen molar-refractivity contribution in [3.63, 3.8) is 0 Å². The van der Waals surface area contributed by atoms with Crippen LogP contribution < -0.4 is 5.32 Å². The Morgan fingerprint density at radius 1 is 0.963 bits per heavy atom. The molecule has 2 aromatic carbocycles. The van der Waals surface area contributed by atoms with Gasteiger partial charge in [-0.15, -0.1) is 11.6 Å². The molecule has 6 rings (SSSR count). The molecule has 1 aliphatic rings. The molecule has 11 nitrogen and oxygen atoms in total. The maximum atomic E-state index is 12.5. The Morgan fingerprint density at radius 2 is 1.52 bits per heavy atom. The number of carbonyl (C=O) groups excluding carboxylic acids is 2. The van der Waals surface area contributed by atoms with Gasteiger partial charge in [0.2, 0.25) is 17.7 Å². The van der Waals surface area contributed by atoms with Crippen molar-refractivity contribution in [3.8, 4) is 0 Å². The molecule has 0 bridgehead atoms. The average molecular weight is 840 g/mol. The van der Waals surface area contributed by atoms with Crippen molar-refractivity contribution in [1.82, 2.24) is 18.6 Å². The maximum Gasteiger partial charge on any atom is 0.397 e. The van der Waals surface area contributed by atoms with Gasteiger partial charge in [-0.05, 0) is 79.6 Å². The molecule has 3 aromatic heterocycles. The molecule has 1 saturated heterocycles. The van der Waals surface area contributed by atoms with Crippen molar-refractivity contribution in [2.24, 2.45) is 4.99 Å². The molecule has 0 spiro atoms. The first-order valence-corrected chi connectivity index (χ1v) is 18.3. The zero-order valence-corrected chi connectivity index (χ0v) is 31.6. The molecular formula is C33H30Cl2F6N6O5S2. The lowest BCUT2D eigenvalue weighted by Gasteiger charge is -2.18. The average Bonchev–Trinajstić information content (AvgIpc) is 3.80. The topological polar surface area (TPSA) is 136 Å². The molecule has 1 aliphatic heterocycles. The standard InChI is InChI=1S/C18H19ClF3N3O3S.C15H11ClF3N3O2S/c1-3-27-9-25-10(2)16(19)17(29-25)24-14(26)7-11-4-5-13-12(6-11)23-15(28-13)8-18(20,21)22;1-7-13(16)14(25-22-7)21-11(23)5-8-2-3-10-9(4-8)20-12(24-10)6-15(17,18)19/h4-6,10,16H,3,7-9H2,1-2H3;2-4H,5-6H2,1H3,(H,21,23). The molecule has 1 N–H and O–H groups in total. The minimum absolute atomic E-state index is 0.0185. The minimum atomic E-state index is -4.40. The van der Waals surface area contributed by atoms with E-state index < -0.39 is 48.3 Å². The van der Waals surface area contributed by atoms with E-state index in [0.29, 0.717) is 45.2 Å². The molecule has 2 amide bonds. The van der Waals surface area contributed by atoms with Gasteiger partial charge < -0.3 is 18.9 Å². The van der Waals surface area contributed by atoms with Crippen molar-refractivity contribution in [3.05, 3.63) is 70.0 Å². The number of alkyl halides is 7. The van der Waals surface area contributed by atoms with Gasteiger partial charge in [-0.1, -0.05) is 23.7 Å². The zero-order chi connectivity index (χ0) is 39.4. The van der Waals surface area contributed by atoms with E-state index in [1.807, 2.05) is 18.2 Å². The van der Waals surface area contributed by atoms with Crippen LogP contribution in [0, 0.1) is 6.92 Å². The SMILES string of the molecule is CCOCN1SC(=NC(=O)Cc2ccc3oc(CC(F)(F)F)nc3c2)C(Cl)C1C.Cc1nsc(NC(=O)Cc2ccc3oc(CC(F)(F)F)nc3c2)c1Cl. The first-order chi connectivity index (χ1) is 25.4. The molecule has 4 heterocycles. The number of nitrogens with zero attached hydrogens (tertiary/aromatic N) is 5. The van der Waals surface area contributed by atoms with Crippen molar-refractivity contribution < 1.29 is 49.5 Å². The van der Waals surface area contributed by atoms with Crippen molar-refractivity contribution >= 4 is 90.7 Å². The highest BCUT2D eigenvalue weighted by Gasteiger charge is 2.37. The summed E-state index contributed by atoms with van der Waals surface area (Å²) < 4.78 is 96.1. The van der Waals surface area contributed by atoms with Gasteiger partial charge in [0.1, 0.15) is 40.7 Å². The number of aryl methyl sites for hydroxylation is 1. The Bertz CT molecular complexity index is 2150. The van der Waals surface area contributed by atoms with Crippen molar-refractivity contribution in [2.45, 2.75) is 70.2 Å². The van der Waals surface area contributed by atoms with E-state index in [0.717, 1.165) is 11.5 Å². The summed E-state index contributed by atoms with van der Waals surface area (Å²) in [5, 5.41) is 3.58. The number of hydrogen-bond acceptors (Lipinski definition) is 11. The molecule has 0 aliphatic carbocycles. The number of benzene rings is 2. The first kappa shape index (κ1) is 41.4. The number of rotatable bonds is 10. The van der Waals surface area contributed by atoms with Gasteiger partial charge in [0.15, 0.2) is 11.2 Å². The predicted molar refractivity (Wildman–Crippen MR) is 193 cm³/mol. The van der Waals surface area contributed by atoms with Gasteiger partial charge in [-0.2, -0.15) is 30.7 Å². The molecule has 54 heavy (non-hydrogen) atoms. The number of nitrogens with one attached hydrogen (secondary N) is 1. The molecule has 1 fully saturated rings. The fourth-order valence-corrected chi connectivity index (χ4v) is 7.32. The summed E-state index contributed by atoms with van der Waals surface area (Å²) in [7, 11) is 0. The lowest BCUT2D eigenvalue weighted by atomic mass is 10.1. The highest BCUT2D eigenvalue weighted by Crippen LogP contribution is 2.34. The molecule has 290 valence electrons. The molecule has 0 saturated carbocycles. The Kier molecular flexibility index (Phi) is 13.3. The molecule has 5 aromatic rings. The van der Waals surface area contributed by atoms with Crippen LogP contribution >= 0.6 is 46.7 Å². The minimum Gasteiger partial charge on any atom is -0.440 e. The summed E-state index contributed by atoms with van der Waals surface area (Å²) in [5.41, 5.74) is 2.81. The number of ether oxygens (including phenoxy) is 1. The van der Waals surface area contributed by atoms with Gasteiger partial charge >= 0.3 is 12.4 Å². The van der Waals surface area contributed by atoms with Crippen LogP contribution in [0.4, 0.5) is 31.3 Å². The lowest BCUT2D eigenvalue weighted by Crippen LogP contribution is -2.29. The number of amides is 2. The summed E-state index contributed by atoms with van der Waals surface area (Å²) in [4.78, 5) is 36.2. The second-order valence-corrected chi connectivity index (χ2v) is 14.5. The van der Waals surface area contributed by atoms with Crippen LogP contribution in [-0.2, 0) is 40.0 Å². The second kappa shape index (κ2) is 17.4. The van der Waals surface area contributed by atoms with E-state index in [-0.39, 0.29) is 47.0 Å². The third-order valence-corrected chi connectivity index (χ3v) is 10.8. The highest BCUT2D eigenvalue weighted by atomic mass is 35.5. The molecule has 21 heteroatoms. The van der Waals surface area contributed by atoms with Gasteiger partial charge in [0, 0.05) is 12.6 Å². The van der Waals surface area contributed by atoms with E-state index in [2.05, 4.69) is 24.7 Å². The van der Waals surface area contributed by atoms with Crippen LogP contribution in [0.5, 0.6) is 0 Å². The Labute approximate surface area is 321 Å². The van der Waals surface area contributed by atoms with Gasteiger partial charge in [0.25, 0.3) is 5.91 Å². The van der Waals surface area contributed by atoms with E-state index >= 15 is 0 Å². The third kappa shape index (κ3) is 11.4. The maximum absolute atomic E-state index is 12.5. The van der Waals surface area contributed by atoms with E-state index in [1.54, 1.807) is 19.1 Å². The molecular weight excluding hydrogens is 809 g/mol. The van der Waals surface area contributed by atoms with Crippen molar-refractivity contribution in [1.29, 1.82) is 0 Å². The fraction of sp³-hybridized carbons (Fsp3) is 0.394. The van der Waals surface area contributed by atoms with Crippen LogP contribution in [0.3, 0.4) is 0 Å². The second-order valence-electron chi connectivity index (χ2n) is 11.8. The molecule has 2 atom stereocenters. The summed E-state index contributed by atoms with van der Waals surface area (Å²) in [6.45, 7) is 6.48. The summed E-state index contributed by atoms with van der Waals surface area (Å²) in [6.07, 6.45) is -11.3. The number of aliphatic imine (C=N–C) groups is 1. The van der Waals surface area contributed by atoms with Crippen LogP contribution in [0.2, 0.25) is 5.02 Å². The fourth-order valence-electron chi connectivity index (χ4n) is 4.90. The van der Waals surface area contributed by atoms with E-state index in [1.165, 1.54) is 36.2 Å².